The molecule has 1 aromatic carbocycles. The first-order valence-electron chi connectivity index (χ1n) is 7.32. The molecule has 1 unspecified atom stereocenters. The van der Waals surface area contributed by atoms with E-state index in [9.17, 15) is 9.59 Å². The second-order valence-corrected chi connectivity index (χ2v) is 5.27. The quantitative estimate of drug-likeness (QED) is 0.812. The van der Waals surface area contributed by atoms with Crippen molar-refractivity contribution in [2.75, 3.05) is 20.2 Å². The van der Waals surface area contributed by atoms with Gasteiger partial charge in [0, 0.05) is 37.5 Å². The van der Waals surface area contributed by atoms with Crippen LogP contribution in [0.15, 0.2) is 24.3 Å². The first-order chi connectivity index (χ1) is 10.2. The van der Waals surface area contributed by atoms with Gasteiger partial charge in [-0.2, -0.15) is 0 Å². The van der Waals surface area contributed by atoms with Gasteiger partial charge in [0.15, 0.2) is 5.78 Å². The third-order valence-corrected chi connectivity index (χ3v) is 3.95. The van der Waals surface area contributed by atoms with Crippen LogP contribution in [-0.4, -0.2) is 42.8 Å². The summed E-state index contributed by atoms with van der Waals surface area (Å²) in [5.74, 6) is 0.727. The number of nitrogens with two attached hydrogens (primary N) is 1. The van der Waals surface area contributed by atoms with E-state index in [2.05, 4.69) is 0 Å². The fourth-order valence-corrected chi connectivity index (χ4v) is 2.69. The summed E-state index contributed by atoms with van der Waals surface area (Å²) in [5.41, 5.74) is 6.28. The Balaban J connectivity index is 0.00000242. The van der Waals surface area contributed by atoms with E-state index in [-0.39, 0.29) is 43.0 Å². The SMILES string of the molecule is COc1ccc(C(=O)CCC(=O)N2CCCC2CN)cc1.Cl. The smallest absolute Gasteiger partial charge is 0.223 e. The minimum atomic E-state index is -0.0190. The van der Waals surface area contributed by atoms with Crippen molar-refractivity contribution in [3.8, 4) is 5.75 Å². The molecular weight excluding hydrogens is 304 g/mol. The minimum Gasteiger partial charge on any atom is -0.497 e. The molecule has 122 valence electrons. The number of halogens is 1. The van der Waals surface area contributed by atoms with Crippen molar-refractivity contribution in [3.05, 3.63) is 29.8 Å². The average Bonchev–Trinajstić information content (AvgIpc) is 3.01. The number of ketones is 1. The van der Waals surface area contributed by atoms with Gasteiger partial charge in [0.1, 0.15) is 5.75 Å². The lowest BCUT2D eigenvalue weighted by Crippen LogP contribution is -2.39. The molecule has 0 saturated carbocycles. The van der Waals surface area contributed by atoms with E-state index in [1.807, 2.05) is 4.90 Å². The number of benzene rings is 1. The van der Waals surface area contributed by atoms with Crippen molar-refractivity contribution < 1.29 is 14.3 Å². The Labute approximate surface area is 137 Å². The molecule has 1 aromatic rings. The van der Waals surface area contributed by atoms with E-state index in [0.29, 0.717) is 17.9 Å². The zero-order chi connectivity index (χ0) is 15.2. The van der Waals surface area contributed by atoms with Crippen LogP contribution in [0.4, 0.5) is 0 Å². The first kappa shape index (κ1) is 18.5. The molecule has 1 aliphatic heterocycles. The zero-order valence-electron chi connectivity index (χ0n) is 12.8. The molecule has 0 aromatic heterocycles. The molecule has 1 atom stereocenters. The Morgan fingerprint density at radius 1 is 1.27 bits per heavy atom. The number of carbonyl (C=O) groups excluding carboxylic acids is 2. The van der Waals surface area contributed by atoms with Gasteiger partial charge in [-0.15, -0.1) is 12.4 Å². The highest BCUT2D eigenvalue weighted by atomic mass is 35.5. The maximum atomic E-state index is 12.1. The molecule has 0 radical (unpaired) electrons. The minimum absolute atomic E-state index is 0. The lowest BCUT2D eigenvalue weighted by Gasteiger charge is -2.23. The van der Waals surface area contributed by atoms with Gasteiger partial charge in [-0.1, -0.05) is 0 Å². The van der Waals surface area contributed by atoms with E-state index in [1.54, 1.807) is 31.4 Å². The number of likely N-dealkylation sites (tertiary alicyclic amines) is 1. The van der Waals surface area contributed by atoms with Gasteiger partial charge in [0.25, 0.3) is 0 Å². The second-order valence-electron chi connectivity index (χ2n) is 5.27. The summed E-state index contributed by atoms with van der Waals surface area (Å²) >= 11 is 0. The van der Waals surface area contributed by atoms with E-state index in [0.717, 1.165) is 19.4 Å². The number of hydrogen-bond donors (Lipinski definition) is 1. The second kappa shape index (κ2) is 8.76. The van der Waals surface area contributed by atoms with Crippen molar-refractivity contribution in [3.63, 3.8) is 0 Å². The summed E-state index contributed by atoms with van der Waals surface area (Å²) in [4.78, 5) is 26.0. The number of Topliss-reactive ketones (excluding diaryl/α,β-unsaturated/α-hetero) is 1. The number of ether oxygens (including phenoxy) is 1. The number of nitrogens with zero attached hydrogens (tertiary/aromatic N) is 1. The molecule has 6 heteroatoms. The normalized spacial score (nSPS) is 17.0. The van der Waals surface area contributed by atoms with E-state index >= 15 is 0 Å². The molecule has 5 nitrogen and oxygen atoms in total. The Bertz CT molecular complexity index is 505. The summed E-state index contributed by atoms with van der Waals surface area (Å²) < 4.78 is 5.05. The average molecular weight is 327 g/mol. The summed E-state index contributed by atoms with van der Waals surface area (Å²) in [6.07, 6.45) is 2.45. The maximum absolute atomic E-state index is 12.1. The Hall–Kier alpha value is -1.59. The third-order valence-electron chi connectivity index (χ3n) is 3.95. The van der Waals surface area contributed by atoms with E-state index < -0.39 is 0 Å². The molecule has 2 rings (SSSR count). The molecule has 1 aliphatic rings. The number of carbonyl (C=O) groups is 2. The highest BCUT2D eigenvalue weighted by Crippen LogP contribution is 2.19. The van der Waals surface area contributed by atoms with Crippen LogP contribution in [0.1, 0.15) is 36.0 Å². The van der Waals surface area contributed by atoms with Crippen molar-refractivity contribution in [2.24, 2.45) is 5.73 Å². The van der Waals surface area contributed by atoms with Crippen molar-refractivity contribution in [1.29, 1.82) is 0 Å². The standard InChI is InChI=1S/C16H22N2O3.ClH/c1-21-14-6-4-12(5-7-14)15(19)8-9-16(20)18-10-2-3-13(18)11-17;/h4-7,13H,2-3,8-11,17H2,1H3;1H. The highest BCUT2D eigenvalue weighted by molar-refractivity contribution is 5.98. The van der Waals surface area contributed by atoms with Gasteiger partial charge in [-0.3, -0.25) is 9.59 Å². The number of amides is 1. The Kier molecular flexibility index (Phi) is 7.35. The maximum Gasteiger partial charge on any atom is 0.223 e. The van der Waals surface area contributed by atoms with Gasteiger partial charge < -0.3 is 15.4 Å². The molecule has 1 saturated heterocycles. The van der Waals surface area contributed by atoms with Crippen LogP contribution >= 0.6 is 12.4 Å². The van der Waals surface area contributed by atoms with Gasteiger partial charge in [0.2, 0.25) is 5.91 Å². The van der Waals surface area contributed by atoms with Crippen LogP contribution in [-0.2, 0) is 4.79 Å². The van der Waals surface area contributed by atoms with E-state index in [1.165, 1.54) is 0 Å². The summed E-state index contributed by atoms with van der Waals surface area (Å²) in [6.45, 7) is 1.26. The van der Waals surface area contributed by atoms with Crippen LogP contribution < -0.4 is 10.5 Å². The largest absolute Gasteiger partial charge is 0.497 e. The van der Waals surface area contributed by atoms with Gasteiger partial charge in [-0.25, -0.2) is 0 Å². The highest BCUT2D eigenvalue weighted by Gasteiger charge is 2.27. The molecular formula is C16H23ClN2O3. The third kappa shape index (κ3) is 4.45. The lowest BCUT2D eigenvalue weighted by atomic mass is 10.1. The molecule has 22 heavy (non-hydrogen) atoms. The van der Waals surface area contributed by atoms with Crippen molar-refractivity contribution in [2.45, 2.75) is 31.7 Å². The molecule has 0 spiro atoms. The number of methoxy groups -OCH3 is 1. The predicted octanol–water partition coefficient (Wildman–Crippen LogP) is 2.03. The predicted molar refractivity (Wildman–Crippen MR) is 87.6 cm³/mol. The molecule has 1 amide bonds. The number of hydrogen-bond acceptors (Lipinski definition) is 4. The van der Waals surface area contributed by atoms with Crippen LogP contribution in [0.2, 0.25) is 0 Å². The molecule has 2 N–H and O–H groups in total. The van der Waals surface area contributed by atoms with Gasteiger partial charge in [0.05, 0.1) is 7.11 Å². The van der Waals surface area contributed by atoms with Crippen molar-refractivity contribution in [1.82, 2.24) is 4.90 Å². The summed E-state index contributed by atoms with van der Waals surface area (Å²) in [5, 5.41) is 0. The van der Waals surface area contributed by atoms with Crippen LogP contribution in [0.5, 0.6) is 5.75 Å². The molecule has 0 aliphatic carbocycles. The van der Waals surface area contributed by atoms with Crippen LogP contribution in [0.25, 0.3) is 0 Å². The van der Waals surface area contributed by atoms with Crippen molar-refractivity contribution >= 4 is 24.1 Å². The topological polar surface area (TPSA) is 72.6 Å². The molecule has 1 heterocycles. The Morgan fingerprint density at radius 2 is 1.95 bits per heavy atom. The van der Waals surface area contributed by atoms with Gasteiger partial charge >= 0.3 is 0 Å². The van der Waals surface area contributed by atoms with Crippen LogP contribution in [0.3, 0.4) is 0 Å². The zero-order valence-corrected chi connectivity index (χ0v) is 13.6. The molecule has 1 fully saturated rings. The molecule has 0 bridgehead atoms. The van der Waals surface area contributed by atoms with Gasteiger partial charge in [-0.05, 0) is 37.1 Å². The Morgan fingerprint density at radius 3 is 2.55 bits per heavy atom. The summed E-state index contributed by atoms with van der Waals surface area (Å²) in [7, 11) is 1.58. The first-order valence-corrected chi connectivity index (χ1v) is 7.32. The van der Waals surface area contributed by atoms with E-state index in [4.69, 9.17) is 10.5 Å². The van der Waals surface area contributed by atoms with Crippen LogP contribution in [0, 0.1) is 0 Å². The fraction of sp³-hybridized carbons (Fsp3) is 0.500. The fourth-order valence-electron chi connectivity index (χ4n) is 2.69. The number of rotatable bonds is 6. The monoisotopic (exact) mass is 326 g/mol. The lowest BCUT2D eigenvalue weighted by molar-refractivity contribution is -0.131. The summed E-state index contributed by atoms with van der Waals surface area (Å²) in [6, 6.07) is 7.10.